The average Bonchev–Trinajstić information content (AvgIpc) is 3.01. The molecule has 6 heteroatoms. The number of aromatic nitrogens is 1. The molecule has 0 spiro atoms. The van der Waals surface area contributed by atoms with Crippen molar-refractivity contribution < 1.29 is 19.2 Å². The Hall–Kier alpha value is -2.63. The number of benzene rings is 1. The number of aryl methyl sites for hydroxylation is 1. The van der Waals surface area contributed by atoms with Crippen LogP contribution < -0.4 is 5.32 Å². The van der Waals surface area contributed by atoms with E-state index >= 15 is 0 Å². The lowest BCUT2D eigenvalue weighted by atomic mass is 10.0. The first kappa shape index (κ1) is 16.7. The number of carboxylic acid groups (broad SMARTS) is 1. The number of carbonyl (C=O) groups excluding carboxylic acids is 1. The third-order valence-corrected chi connectivity index (χ3v) is 3.58. The molecule has 0 aliphatic carbocycles. The van der Waals surface area contributed by atoms with E-state index < -0.39 is 17.8 Å². The van der Waals surface area contributed by atoms with Gasteiger partial charge in [0.05, 0.1) is 5.92 Å². The van der Waals surface area contributed by atoms with Crippen molar-refractivity contribution in [1.82, 2.24) is 10.5 Å². The van der Waals surface area contributed by atoms with E-state index in [1.165, 1.54) is 0 Å². The molecule has 0 aliphatic heterocycles. The molecule has 0 fully saturated rings. The first-order chi connectivity index (χ1) is 11.0. The summed E-state index contributed by atoms with van der Waals surface area (Å²) in [5, 5.41) is 15.5. The molecular formula is C17H20N2O4. The first-order valence-electron chi connectivity index (χ1n) is 7.56. The molecule has 0 radical (unpaired) electrons. The van der Waals surface area contributed by atoms with Crippen molar-refractivity contribution in [3.8, 4) is 11.3 Å². The molecule has 0 aliphatic rings. The highest BCUT2D eigenvalue weighted by Gasteiger charge is 2.19. The van der Waals surface area contributed by atoms with Crippen molar-refractivity contribution in [3.63, 3.8) is 0 Å². The summed E-state index contributed by atoms with van der Waals surface area (Å²) in [4.78, 5) is 23.1. The Kier molecular flexibility index (Phi) is 5.51. The monoisotopic (exact) mass is 316 g/mol. The maximum atomic E-state index is 12.0. The van der Waals surface area contributed by atoms with Crippen LogP contribution in [-0.2, 0) is 4.79 Å². The number of hydrogen-bond donors (Lipinski definition) is 2. The van der Waals surface area contributed by atoms with Crippen LogP contribution in [0.15, 0.2) is 34.9 Å². The maximum absolute atomic E-state index is 12.0. The highest BCUT2D eigenvalue weighted by atomic mass is 16.5. The molecule has 1 aromatic heterocycles. The van der Waals surface area contributed by atoms with Gasteiger partial charge in [-0.3, -0.25) is 9.59 Å². The minimum absolute atomic E-state index is 0.0706. The number of aliphatic carboxylic acids is 1. The van der Waals surface area contributed by atoms with Gasteiger partial charge in [0.25, 0.3) is 5.91 Å². The summed E-state index contributed by atoms with van der Waals surface area (Å²) in [6.07, 6.45) is 1.26. The summed E-state index contributed by atoms with van der Waals surface area (Å²) < 4.78 is 5.05. The van der Waals surface area contributed by atoms with Crippen LogP contribution in [0.25, 0.3) is 11.3 Å². The minimum Gasteiger partial charge on any atom is -0.481 e. The zero-order chi connectivity index (χ0) is 16.8. The highest BCUT2D eigenvalue weighted by molar-refractivity contribution is 5.92. The predicted molar refractivity (Wildman–Crippen MR) is 85.0 cm³/mol. The Balaban J connectivity index is 2.01. The molecule has 0 bridgehead atoms. The molecule has 1 atom stereocenters. The summed E-state index contributed by atoms with van der Waals surface area (Å²) in [7, 11) is 0. The van der Waals surface area contributed by atoms with E-state index in [9.17, 15) is 9.59 Å². The zero-order valence-electron chi connectivity index (χ0n) is 13.2. The van der Waals surface area contributed by atoms with Crippen LogP contribution in [0.4, 0.5) is 0 Å². The number of nitrogens with zero attached hydrogens (tertiary/aromatic N) is 1. The second-order valence-corrected chi connectivity index (χ2v) is 5.48. The van der Waals surface area contributed by atoms with Crippen LogP contribution in [0.5, 0.6) is 0 Å². The smallest absolute Gasteiger partial charge is 0.308 e. The number of nitrogens with one attached hydrogen (secondary N) is 1. The van der Waals surface area contributed by atoms with Crippen LogP contribution >= 0.6 is 0 Å². The van der Waals surface area contributed by atoms with Gasteiger partial charge in [-0.15, -0.1) is 0 Å². The number of carbonyl (C=O) groups is 2. The molecule has 1 aromatic carbocycles. The average molecular weight is 316 g/mol. The third-order valence-electron chi connectivity index (χ3n) is 3.58. The number of rotatable bonds is 7. The van der Waals surface area contributed by atoms with E-state index in [0.29, 0.717) is 12.1 Å². The largest absolute Gasteiger partial charge is 0.481 e. The number of carboxylic acids is 1. The van der Waals surface area contributed by atoms with Crippen LogP contribution in [-0.4, -0.2) is 28.7 Å². The Morgan fingerprint density at radius 2 is 2.00 bits per heavy atom. The molecule has 6 nitrogen and oxygen atoms in total. The van der Waals surface area contributed by atoms with Gasteiger partial charge >= 0.3 is 5.97 Å². The Morgan fingerprint density at radius 3 is 2.61 bits per heavy atom. The van der Waals surface area contributed by atoms with E-state index in [1.807, 2.05) is 38.1 Å². The molecule has 2 N–H and O–H groups in total. The van der Waals surface area contributed by atoms with Gasteiger partial charge in [0, 0.05) is 18.2 Å². The van der Waals surface area contributed by atoms with Gasteiger partial charge in [0.15, 0.2) is 0 Å². The van der Waals surface area contributed by atoms with Gasteiger partial charge in [-0.05, 0) is 13.3 Å². The Morgan fingerprint density at radius 1 is 1.30 bits per heavy atom. The molecule has 1 unspecified atom stereocenters. The molecule has 122 valence electrons. The van der Waals surface area contributed by atoms with Crippen molar-refractivity contribution in [3.05, 3.63) is 41.7 Å². The quantitative estimate of drug-likeness (QED) is 0.819. The molecule has 0 saturated heterocycles. The topological polar surface area (TPSA) is 92.4 Å². The molecule has 23 heavy (non-hydrogen) atoms. The molecule has 1 amide bonds. The van der Waals surface area contributed by atoms with Crippen LogP contribution in [0.3, 0.4) is 0 Å². The van der Waals surface area contributed by atoms with Gasteiger partial charge in [0.1, 0.15) is 5.69 Å². The summed E-state index contributed by atoms with van der Waals surface area (Å²) in [6.45, 7) is 3.96. The van der Waals surface area contributed by atoms with E-state index in [1.54, 1.807) is 6.07 Å². The molecule has 0 saturated carbocycles. The summed E-state index contributed by atoms with van der Waals surface area (Å²) in [5.74, 6) is -1.90. The predicted octanol–water partition coefficient (Wildman–Crippen LogP) is 2.88. The molecule has 2 aromatic rings. The minimum atomic E-state index is -0.912. The van der Waals surface area contributed by atoms with Gasteiger partial charge < -0.3 is 14.9 Å². The maximum Gasteiger partial charge on any atom is 0.308 e. The van der Waals surface area contributed by atoms with Crippen molar-refractivity contribution >= 4 is 11.9 Å². The highest BCUT2D eigenvalue weighted by Crippen LogP contribution is 2.19. The van der Waals surface area contributed by atoms with Crippen molar-refractivity contribution in [2.45, 2.75) is 26.7 Å². The van der Waals surface area contributed by atoms with Crippen LogP contribution in [0, 0.1) is 12.8 Å². The molecule has 2 rings (SSSR count). The summed E-state index contributed by atoms with van der Waals surface area (Å²) in [6, 6.07) is 9.25. The summed E-state index contributed by atoms with van der Waals surface area (Å²) >= 11 is 0. The molecule has 1 heterocycles. The van der Waals surface area contributed by atoms with Gasteiger partial charge in [-0.1, -0.05) is 48.3 Å². The normalized spacial score (nSPS) is 11.9. The number of hydrogen-bond acceptors (Lipinski definition) is 4. The summed E-state index contributed by atoms with van der Waals surface area (Å²) in [5.41, 5.74) is 2.55. The van der Waals surface area contributed by atoms with E-state index in [2.05, 4.69) is 10.5 Å². The number of amides is 1. The Bertz CT molecular complexity index is 676. The van der Waals surface area contributed by atoms with E-state index in [0.717, 1.165) is 17.5 Å². The lowest BCUT2D eigenvalue weighted by molar-refractivity contribution is -0.141. The van der Waals surface area contributed by atoms with Gasteiger partial charge in [-0.25, -0.2) is 0 Å². The SMILES string of the molecule is CCCC(CNC(=O)c1cc(-c2ccc(C)cc2)no1)C(=O)O. The van der Waals surface area contributed by atoms with E-state index in [4.69, 9.17) is 9.63 Å². The first-order valence-corrected chi connectivity index (χ1v) is 7.56. The van der Waals surface area contributed by atoms with Crippen molar-refractivity contribution in [1.29, 1.82) is 0 Å². The van der Waals surface area contributed by atoms with Gasteiger partial charge in [0.2, 0.25) is 5.76 Å². The van der Waals surface area contributed by atoms with Crippen molar-refractivity contribution in [2.24, 2.45) is 5.92 Å². The van der Waals surface area contributed by atoms with Crippen LogP contribution in [0.2, 0.25) is 0 Å². The standard InChI is InChI=1S/C17H20N2O4/c1-3-4-13(17(21)22)10-18-16(20)15-9-14(19-23-15)12-7-5-11(2)6-8-12/h5-9,13H,3-4,10H2,1-2H3,(H,18,20)(H,21,22). The lowest BCUT2D eigenvalue weighted by Crippen LogP contribution is -2.32. The van der Waals surface area contributed by atoms with Crippen LogP contribution in [0.1, 0.15) is 35.9 Å². The van der Waals surface area contributed by atoms with Gasteiger partial charge in [-0.2, -0.15) is 0 Å². The second-order valence-electron chi connectivity index (χ2n) is 5.48. The fourth-order valence-corrected chi connectivity index (χ4v) is 2.21. The molecular weight excluding hydrogens is 296 g/mol. The fraction of sp³-hybridized carbons (Fsp3) is 0.353. The van der Waals surface area contributed by atoms with Crippen molar-refractivity contribution in [2.75, 3.05) is 6.54 Å². The lowest BCUT2D eigenvalue weighted by Gasteiger charge is -2.11. The zero-order valence-corrected chi connectivity index (χ0v) is 13.2. The Labute approximate surface area is 134 Å². The fourth-order valence-electron chi connectivity index (χ4n) is 2.21. The third kappa shape index (κ3) is 4.42. The second kappa shape index (κ2) is 7.58. The van der Waals surface area contributed by atoms with E-state index in [-0.39, 0.29) is 12.3 Å².